The average Bonchev–Trinajstić information content (AvgIpc) is 2.34. The van der Waals surface area contributed by atoms with E-state index < -0.39 is 0 Å². The van der Waals surface area contributed by atoms with Crippen molar-refractivity contribution in [2.24, 2.45) is 0 Å². The van der Waals surface area contributed by atoms with Gasteiger partial charge in [-0.25, -0.2) is 0 Å². The number of hydrogen-bond donors (Lipinski definition) is 1. The van der Waals surface area contributed by atoms with Crippen LogP contribution in [0.2, 0.25) is 0 Å². The van der Waals surface area contributed by atoms with E-state index in [1.807, 2.05) is 56.3 Å². The monoisotopic (exact) mass is 303 g/mol. The van der Waals surface area contributed by atoms with Crippen molar-refractivity contribution >= 4 is 27.5 Å². The van der Waals surface area contributed by atoms with Gasteiger partial charge in [-0.2, -0.15) is 0 Å². The summed E-state index contributed by atoms with van der Waals surface area (Å²) in [5.74, 6) is -0.0742. The minimum Gasteiger partial charge on any atom is -0.322 e. The van der Waals surface area contributed by atoms with Crippen LogP contribution in [0.1, 0.15) is 21.5 Å². The molecule has 1 amide bonds. The molecule has 0 heterocycles. The third-order valence-electron chi connectivity index (χ3n) is 2.81. The first kappa shape index (κ1) is 12.8. The summed E-state index contributed by atoms with van der Waals surface area (Å²) in [6.45, 7) is 3.93. The summed E-state index contributed by atoms with van der Waals surface area (Å²) in [6, 6.07) is 13.3. The fourth-order valence-corrected chi connectivity index (χ4v) is 2.00. The first-order chi connectivity index (χ1) is 8.58. The Hall–Kier alpha value is -1.61. The first-order valence-corrected chi connectivity index (χ1v) is 6.50. The van der Waals surface area contributed by atoms with Gasteiger partial charge in [-0.1, -0.05) is 34.1 Å². The quantitative estimate of drug-likeness (QED) is 0.879. The third kappa shape index (κ3) is 2.79. The molecule has 0 spiro atoms. The summed E-state index contributed by atoms with van der Waals surface area (Å²) in [6.07, 6.45) is 0. The van der Waals surface area contributed by atoms with Crippen LogP contribution in [0.25, 0.3) is 0 Å². The van der Waals surface area contributed by atoms with E-state index in [2.05, 4.69) is 21.2 Å². The minimum absolute atomic E-state index is 0.0742. The number of carbonyl (C=O) groups excluding carboxylic acids is 1. The van der Waals surface area contributed by atoms with Crippen molar-refractivity contribution in [1.82, 2.24) is 0 Å². The molecule has 92 valence electrons. The maximum Gasteiger partial charge on any atom is 0.255 e. The van der Waals surface area contributed by atoms with Gasteiger partial charge in [0, 0.05) is 15.7 Å². The lowest BCUT2D eigenvalue weighted by Gasteiger charge is -2.08. The molecule has 2 aromatic carbocycles. The zero-order valence-corrected chi connectivity index (χ0v) is 11.9. The zero-order valence-electron chi connectivity index (χ0n) is 10.3. The number of halogens is 1. The fraction of sp³-hybridized carbons (Fsp3) is 0.133. The summed E-state index contributed by atoms with van der Waals surface area (Å²) in [4.78, 5) is 12.1. The highest BCUT2D eigenvalue weighted by Crippen LogP contribution is 2.20. The van der Waals surface area contributed by atoms with Crippen molar-refractivity contribution in [2.45, 2.75) is 13.8 Å². The molecule has 0 aromatic heterocycles. The summed E-state index contributed by atoms with van der Waals surface area (Å²) in [5, 5.41) is 2.91. The van der Waals surface area contributed by atoms with Crippen molar-refractivity contribution in [3.63, 3.8) is 0 Å². The van der Waals surface area contributed by atoms with E-state index in [1.54, 1.807) is 0 Å². The molecular weight excluding hydrogens is 290 g/mol. The molecule has 0 aliphatic rings. The van der Waals surface area contributed by atoms with Crippen molar-refractivity contribution in [2.75, 3.05) is 5.32 Å². The van der Waals surface area contributed by atoms with E-state index in [0.29, 0.717) is 5.56 Å². The van der Waals surface area contributed by atoms with Crippen LogP contribution >= 0.6 is 15.9 Å². The van der Waals surface area contributed by atoms with Gasteiger partial charge >= 0.3 is 0 Å². The van der Waals surface area contributed by atoms with Crippen LogP contribution in [-0.2, 0) is 0 Å². The Labute approximate surface area is 115 Å². The van der Waals surface area contributed by atoms with Gasteiger partial charge in [0.25, 0.3) is 5.91 Å². The van der Waals surface area contributed by atoms with Crippen LogP contribution in [0.15, 0.2) is 46.9 Å². The molecule has 3 heteroatoms. The second-order valence-corrected chi connectivity index (χ2v) is 5.09. The van der Waals surface area contributed by atoms with E-state index >= 15 is 0 Å². The Morgan fingerprint density at radius 1 is 1.06 bits per heavy atom. The molecule has 0 atom stereocenters. The van der Waals surface area contributed by atoms with E-state index in [1.165, 1.54) is 0 Å². The number of nitrogens with one attached hydrogen (secondary N) is 1. The number of carbonyl (C=O) groups is 1. The van der Waals surface area contributed by atoms with Gasteiger partial charge in [0.1, 0.15) is 0 Å². The molecule has 0 aliphatic heterocycles. The van der Waals surface area contributed by atoms with E-state index in [4.69, 9.17) is 0 Å². The molecule has 0 saturated heterocycles. The second-order valence-electron chi connectivity index (χ2n) is 4.23. The zero-order chi connectivity index (χ0) is 13.1. The minimum atomic E-state index is -0.0742. The Morgan fingerprint density at radius 2 is 1.78 bits per heavy atom. The van der Waals surface area contributed by atoms with Gasteiger partial charge in [-0.15, -0.1) is 0 Å². The molecular formula is C15H14BrNO. The van der Waals surface area contributed by atoms with Crippen LogP contribution < -0.4 is 5.32 Å². The van der Waals surface area contributed by atoms with Crippen molar-refractivity contribution in [1.29, 1.82) is 0 Å². The SMILES string of the molecule is Cc1cc(NC(=O)c2ccccc2C)ccc1Br. The van der Waals surface area contributed by atoms with Gasteiger partial charge in [0.15, 0.2) is 0 Å². The maximum absolute atomic E-state index is 12.1. The lowest BCUT2D eigenvalue weighted by molar-refractivity contribution is 0.102. The molecule has 0 saturated carbocycles. The Bertz CT molecular complexity index is 593. The van der Waals surface area contributed by atoms with Gasteiger partial charge in [0.2, 0.25) is 0 Å². The maximum atomic E-state index is 12.1. The molecule has 0 radical (unpaired) electrons. The molecule has 0 unspecified atom stereocenters. The number of benzene rings is 2. The summed E-state index contributed by atoms with van der Waals surface area (Å²) < 4.78 is 1.04. The predicted octanol–water partition coefficient (Wildman–Crippen LogP) is 4.32. The lowest BCUT2D eigenvalue weighted by Crippen LogP contribution is -2.13. The van der Waals surface area contributed by atoms with Crippen LogP contribution in [-0.4, -0.2) is 5.91 Å². The largest absolute Gasteiger partial charge is 0.322 e. The molecule has 1 N–H and O–H groups in total. The van der Waals surface area contributed by atoms with Gasteiger partial charge in [0.05, 0.1) is 0 Å². The average molecular weight is 304 g/mol. The van der Waals surface area contributed by atoms with Crippen molar-refractivity contribution in [3.8, 4) is 0 Å². The molecule has 2 aromatic rings. The summed E-state index contributed by atoms with van der Waals surface area (Å²) >= 11 is 3.44. The van der Waals surface area contributed by atoms with E-state index in [0.717, 1.165) is 21.3 Å². The number of amides is 1. The highest BCUT2D eigenvalue weighted by atomic mass is 79.9. The first-order valence-electron chi connectivity index (χ1n) is 5.71. The molecule has 2 nitrogen and oxygen atoms in total. The lowest BCUT2D eigenvalue weighted by atomic mass is 10.1. The fourth-order valence-electron chi connectivity index (χ4n) is 1.75. The Morgan fingerprint density at radius 3 is 2.44 bits per heavy atom. The predicted molar refractivity (Wildman–Crippen MR) is 78.0 cm³/mol. The molecule has 0 fully saturated rings. The number of hydrogen-bond acceptors (Lipinski definition) is 1. The standard InChI is InChI=1S/C15H14BrNO/c1-10-5-3-4-6-13(10)15(18)17-12-7-8-14(16)11(2)9-12/h3-9H,1-2H3,(H,17,18). The Balaban J connectivity index is 2.22. The van der Waals surface area contributed by atoms with Gasteiger partial charge in [-0.05, 0) is 49.2 Å². The summed E-state index contributed by atoms with van der Waals surface area (Å²) in [7, 11) is 0. The smallest absolute Gasteiger partial charge is 0.255 e. The van der Waals surface area contributed by atoms with E-state index in [9.17, 15) is 4.79 Å². The third-order valence-corrected chi connectivity index (χ3v) is 3.70. The van der Waals surface area contributed by atoms with E-state index in [-0.39, 0.29) is 5.91 Å². The normalized spacial score (nSPS) is 10.2. The van der Waals surface area contributed by atoms with Crippen LogP contribution in [0.4, 0.5) is 5.69 Å². The second kappa shape index (κ2) is 5.36. The molecule has 0 bridgehead atoms. The van der Waals surface area contributed by atoms with Crippen LogP contribution in [0.5, 0.6) is 0 Å². The number of rotatable bonds is 2. The molecule has 2 rings (SSSR count). The van der Waals surface area contributed by atoms with Crippen molar-refractivity contribution in [3.05, 3.63) is 63.6 Å². The van der Waals surface area contributed by atoms with Crippen LogP contribution in [0.3, 0.4) is 0 Å². The Kier molecular flexibility index (Phi) is 3.82. The van der Waals surface area contributed by atoms with Crippen molar-refractivity contribution < 1.29 is 4.79 Å². The number of anilines is 1. The topological polar surface area (TPSA) is 29.1 Å². The summed E-state index contributed by atoms with van der Waals surface area (Å²) in [5.41, 5.74) is 3.59. The van der Waals surface area contributed by atoms with Gasteiger partial charge in [-0.3, -0.25) is 4.79 Å². The molecule has 18 heavy (non-hydrogen) atoms. The highest BCUT2D eigenvalue weighted by molar-refractivity contribution is 9.10. The van der Waals surface area contributed by atoms with Crippen LogP contribution in [0, 0.1) is 13.8 Å². The number of aryl methyl sites for hydroxylation is 2. The highest BCUT2D eigenvalue weighted by Gasteiger charge is 2.08. The molecule has 0 aliphatic carbocycles. The van der Waals surface area contributed by atoms with Gasteiger partial charge < -0.3 is 5.32 Å².